The van der Waals surface area contributed by atoms with Gasteiger partial charge in [-0.15, -0.1) is 11.3 Å². The number of rotatable bonds is 7. The Morgan fingerprint density at radius 2 is 2.21 bits per heavy atom. The van der Waals surface area contributed by atoms with Gasteiger partial charge in [-0.25, -0.2) is 0 Å². The monoisotopic (exact) mass is 478 g/mol. The minimum Gasteiger partial charge on any atom is -0.497 e. The molecule has 3 atom stereocenters. The summed E-state index contributed by atoms with van der Waals surface area (Å²) in [6, 6.07) is 9.50. The maximum atomic E-state index is 12.0. The van der Waals surface area contributed by atoms with Crippen molar-refractivity contribution in [2.45, 2.75) is 32.3 Å². The Kier molecular flexibility index (Phi) is 7.84. The predicted octanol–water partition coefficient (Wildman–Crippen LogP) is 4.50. The summed E-state index contributed by atoms with van der Waals surface area (Å²) in [5, 5.41) is 23.7. The van der Waals surface area contributed by atoms with Gasteiger partial charge in [0.1, 0.15) is 5.75 Å². The Balaban J connectivity index is 1.38. The molecule has 2 aromatic heterocycles. The number of carboxylic acid groups (broad SMARTS) is 1. The molecule has 0 bridgehead atoms. The number of carboxylic acids is 1. The summed E-state index contributed by atoms with van der Waals surface area (Å²) in [4.78, 5) is 19.6. The number of carbonyl (C=O) groups is 1. The molecule has 0 radical (unpaired) electrons. The van der Waals surface area contributed by atoms with E-state index < -0.39 is 18.0 Å². The number of benzene rings is 1. The first-order valence-corrected chi connectivity index (χ1v) is 12.4. The van der Waals surface area contributed by atoms with Gasteiger partial charge in [-0.1, -0.05) is 11.8 Å². The first-order chi connectivity index (χ1) is 16.5. The summed E-state index contributed by atoms with van der Waals surface area (Å²) >= 11 is 1.63. The summed E-state index contributed by atoms with van der Waals surface area (Å²) in [7, 11) is 1.61. The van der Waals surface area contributed by atoms with Gasteiger partial charge in [0, 0.05) is 18.1 Å². The lowest BCUT2D eigenvalue weighted by molar-refractivity contribution is -0.146. The van der Waals surface area contributed by atoms with Crippen molar-refractivity contribution in [1.82, 2.24) is 9.88 Å². The van der Waals surface area contributed by atoms with Crippen molar-refractivity contribution in [1.29, 1.82) is 0 Å². The molecule has 1 saturated heterocycles. The Labute approximate surface area is 204 Å². The van der Waals surface area contributed by atoms with Crippen LogP contribution in [0.15, 0.2) is 41.9 Å². The average Bonchev–Trinajstić information content (AvgIpc) is 3.26. The fraction of sp³-hybridized carbons (Fsp3) is 0.407. The highest BCUT2D eigenvalue weighted by Crippen LogP contribution is 2.33. The highest BCUT2D eigenvalue weighted by Gasteiger charge is 2.34. The van der Waals surface area contributed by atoms with E-state index >= 15 is 0 Å². The van der Waals surface area contributed by atoms with Crippen LogP contribution in [0, 0.1) is 30.6 Å². The predicted molar refractivity (Wildman–Crippen MR) is 134 cm³/mol. The first-order valence-electron chi connectivity index (χ1n) is 11.5. The zero-order valence-corrected chi connectivity index (χ0v) is 20.3. The number of fused-ring (bicyclic) bond motifs is 1. The Morgan fingerprint density at radius 3 is 2.94 bits per heavy atom. The molecule has 4 rings (SSSR count). The fourth-order valence-corrected chi connectivity index (χ4v) is 5.45. The highest BCUT2D eigenvalue weighted by atomic mass is 32.1. The standard InChI is InChI=1S/C27H30N2O4S/c1-18-11-15-34-26(18)4-3-13-29-14-10-19(23(17-29)27(31)32)5-8-25(30)21-9-12-28-24-7-6-20(33-2)16-22(21)24/h6-7,9,11-12,15-16,19,23,25,30H,5,8,10,13-14,17H2,1-2H3,(H,31,32)/t19-,23+,25-/m1/s1. The number of aliphatic carboxylic acids is 1. The van der Waals surface area contributed by atoms with Crippen molar-refractivity contribution in [2.24, 2.45) is 11.8 Å². The summed E-state index contributed by atoms with van der Waals surface area (Å²) in [6.07, 6.45) is 2.95. The molecule has 0 amide bonds. The number of hydrogen-bond donors (Lipinski definition) is 2. The van der Waals surface area contributed by atoms with E-state index in [2.05, 4.69) is 27.8 Å². The number of hydrogen-bond acceptors (Lipinski definition) is 6. The van der Waals surface area contributed by atoms with Crippen molar-refractivity contribution in [3.8, 4) is 17.6 Å². The van der Waals surface area contributed by atoms with Crippen LogP contribution in [0.4, 0.5) is 0 Å². The molecular formula is C27H30N2O4S. The number of aromatic nitrogens is 1. The number of aliphatic hydroxyl groups excluding tert-OH is 1. The number of piperidine rings is 1. The van der Waals surface area contributed by atoms with Crippen molar-refractivity contribution >= 4 is 28.2 Å². The fourth-order valence-electron chi connectivity index (χ4n) is 4.66. The van der Waals surface area contributed by atoms with Crippen LogP contribution in [0.1, 0.15) is 41.4 Å². The summed E-state index contributed by atoms with van der Waals surface area (Å²) in [6.45, 7) is 3.93. The molecule has 7 heteroatoms. The van der Waals surface area contributed by atoms with Gasteiger partial charge in [0.25, 0.3) is 0 Å². The van der Waals surface area contributed by atoms with Gasteiger partial charge in [-0.05, 0) is 85.5 Å². The van der Waals surface area contributed by atoms with Gasteiger partial charge in [-0.2, -0.15) is 0 Å². The SMILES string of the molecule is COc1ccc2nccc([C@H](O)CC[C@@H]3CCN(CC#Cc4sccc4C)C[C@@H]3C(=O)O)c2c1. The second kappa shape index (κ2) is 11.0. The van der Waals surface area contributed by atoms with Gasteiger partial charge < -0.3 is 14.9 Å². The molecule has 0 unspecified atom stereocenters. The second-order valence-corrected chi connectivity index (χ2v) is 9.76. The normalized spacial score (nSPS) is 19.4. The van der Waals surface area contributed by atoms with E-state index in [-0.39, 0.29) is 5.92 Å². The molecule has 0 spiro atoms. The smallest absolute Gasteiger partial charge is 0.308 e. The summed E-state index contributed by atoms with van der Waals surface area (Å²) < 4.78 is 5.33. The summed E-state index contributed by atoms with van der Waals surface area (Å²) in [5.74, 6) is 5.93. The lowest BCUT2D eigenvalue weighted by Crippen LogP contribution is -2.44. The van der Waals surface area contributed by atoms with Crippen LogP contribution < -0.4 is 4.74 Å². The molecule has 6 nitrogen and oxygen atoms in total. The highest BCUT2D eigenvalue weighted by molar-refractivity contribution is 7.10. The van der Waals surface area contributed by atoms with E-state index in [1.54, 1.807) is 24.6 Å². The lowest BCUT2D eigenvalue weighted by atomic mass is 9.81. The van der Waals surface area contributed by atoms with Crippen LogP contribution in [0.3, 0.4) is 0 Å². The van der Waals surface area contributed by atoms with Gasteiger partial charge in [0.2, 0.25) is 0 Å². The third kappa shape index (κ3) is 5.58. The van der Waals surface area contributed by atoms with E-state index in [0.29, 0.717) is 31.7 Å². The largest absolute Gasteiger partial charge is 0.497 e. The molecule has 3 heterocycles. The van der Waals surface area contributed by atoms with Gasteiger partial charge >= 0.3 is 5.97 Å². The molecule has 2 N–H and O–H groups in total. The van der Waals surface area contributed by atoms with Crippen molar-refractivity contribution in [3.05, 3.63) is 57.9 Å². The van der Waals surface area contributed by atoms with Crippen LogP contribution >= 0.6 is 11.3 Å². The zero-order valence-electron chi connectivity index (χ0n) is 19.5. The van der Waals surface area contributed by atoms with E-state index in [4.69, 9.17) is 4.74 Å². The molecule has 1 aromatic carbocycles. The van der Waals surface area contributed by atoms with Crippen molar-refractivity contribution in [2.75, 3.05) is 26.7 Å². The third-order valence-electron chi connectivity index (χ3n) is 6.68. The van der Waals surface area contributed by atoms with E-state index in [1.807, 2.05) is 36.6 Å². The van der Waals surface area contributed by atoms with E-state index in [1.165, 1.54) is 5.56 Å². The number of likely N-dealkylation sites (tertiary alicyclic amines) is 1. The molecule has 178 valence electrons. The van der Waals surface area contributed by atoms with Gasteiger partial charge in [-0.3, -0.25) is 14.7 Å². The van der Waals surface area contributed by atoms with Crippen molar-refractivity contribution in [3.63, 3.8) is 0 Å². The molecular weight excluding hydrogens is 448 g/mol. The number of pyridine rings is 1. The van der Waals surface area contributed by atoms with Crippen LogP contribution in [-0.2, 0) is 4.79 Å². The van der Waals surface area contributed by atoms with Crippen LogP contribution in [0.5, 0.6) is 5.75 Å². The molecule has 0 saturated carbocycles. The first kappa shape index (κ1) is 24.2. The van der Waals surface area contributed by atoms with Gasteiger partial charge in [0.15, 0.2) is 0 Å². The minimum atomic E-state index is -0.773. The van der Waals surface area contributed by atoms with Crippen LogP contribution in [0.25, 0.3) is 10.9 Å². The molecule has 1 aliphatic rings. The number of aliphatic hydroxyl groups is 1. The lowest BCUT2D eigenvalue weighted by Gasteiger charge is -2.36. The maximum absolute atomic E-state index is 12.0. The van der Waals surface area contributed by atoms with E-state index in [9.17, 15) is 15.0 Å². The maximum Gasteiger partial charge on any atom is 0.308 e. The molecule has 0 aliphatic carbocycles. The second-order valence-electron chi connectivity index (χ2n) is 8.84. The Morgan fingerprint density at radius 1 is 1.35 bits per heavy atom. The van der Waals surface area contributed by atoms with Crippen molar-refractivity contribution < 1.29 is 19.7 Å². The molecule has 34 heavy (non-hydrogen) atoms. The van der Waals surface area contributed by atoms with Crippen LogP contribution in [-0.4, -0.2) is 52.8 Å². The van der Waals surface area contributed by atoms with Crippen LogP contribution in [0.2, 0.25) is 0 Å². The van der Waals surface area contributed by atoms with E-state index in [0.717, 1.165) is 34.3 Å². The third-order valence-corrected chi connectivity index (χ3v) is 7.61. The number of ether oxygens (including phenoxy) is 1. The molecule has 3 aromatic rings. The topological polar surface area (TPSA) is 82.9 Å². The molecule has 1 aliphatic heterocycles. The van der Waals surface area contributed by atoms with Gasteiger partial charge in [0.05, 0.1) is 36.1 Å². The minimum absolute atomic E-state index is 0.0264. The summed E-state index contributed by atoms with van der Waals surface area (Å²) in [5.41, 5.74) is 2.78. The Hall–Kier alpha value is -2.92. The number of thiophene rings is 1. The number of aryl methyl sites for hydroxylation is 1. The number of methoxy groups -OCH3 is 1. The zero-order chi connectivity index (χ0) is 24.1. The number of nitrogens with zero attached hydrogens (tertiary/aromatic N) is 2. The Bertz CT molecular complexity index is 1210. The average molecular weight is 479 g/mol. The quantitative estimate of drug-likeness (QED) is 0.487. The molecule has 1 fully saturated rings.